The normalized spacial score (nSPS) is 12.4. The molecule has 0 unspecified atom stereocenters. The number of carbonyl (C=O) groups excluding carboxylic acids is 9. The largest absolute Gasteiger partial charge is 0.442 e. The molecule has 1 aliphatic heterocycles. The van der Waals surface area contributed by atoms with Gasteiger partial charge in [0.2, 0.25) is 23.6 Å². The van der Waals surface area contributed by atoms with E-state index in [1.807, 2.05) is 0 Å². The minimum Gasteiger partial charge on any atom is -0.442 e. The van der Waals surface area contributed by atoms with Crippen molar-refractivity contribution in [3.8, 4) is 0 Å². The smallest absolute Gasteiger partial charge is 0.431 e. The number of benzene rings is 1. The second-order valence-electron chi connectivity index (χ2n) is 26.0. The van der Waals surface area contributed by atoms with Gasteiger partial charge in [0.05, 0.1) is 236 Å². The summed E-state index contributed by atoms with van der Waals surface area (Å²) in [4.78, 5) is 129. The third-order valence-electron chi connectivity index (χ3n) is 13.1. The molecule has 616 valence electrons. The van der Waals surface area contributed by atoms with Gasteiger partial charge in [-0.1, -0.05) is 12.1 Å². The summed E-state index contributed by atoms with van der Waals surface area (Å²) < 4.78 is 99.8. The lowest BCUT2D eigenvalue weighted by atomic mass is 10.0. The van der Waals surface area contributed by atoms with Gasteiger partial charge in [0.1, 0.15) is 22.3 Å². The number of carbonyl (C=O) groups is 9. The number of hydrogen-bond donors (Lipinski definition) is 7. The lowest BCUT2D eigenvalue weighted by Gasteiger charge is -2.34. The van der Waals surface area contributed by atoms with Gasteiger partial charge in [-0.2, -0.15) is 16.4 Å². The Morgan fingerprint density at radius 3 is 0.841 bits per heavy atom. The zero-order valence-electron chi connectivity index (χ0n) is 64.0. The second-order valence-corrected chi connectivity index (χ2v) is 26.0. The first kappa shape index (κ1) is 96.4. The molecule has 1 heterocycles. The van der Waals surface area contributed by atoms with Gasteiger partial charge in [0, 0.05) is 45.3 Å². The van der Waals surface area contributed by atoms with Gasteiger partial charge in [-0.05, 0) is 74.4 Å². The van der Waals surface area contributed by atoms with E-state index in [1.54, 1.807) is 86.6 Å². The summed E-state index contributed by atoms with van der Waals surface area (Å²) in [6, 6.07) is 6.66. The molecular formula is C69H120N8O30. The molecule has 1 aliphatic rings. The second kappa shape index (κ2) is 60.2. The number of hydroxylamine groups is 3. The number of fused-ring (bicyclic) bond motifs is 1. The van der Waals surface area contributed by atoms with Crippen LogP contribution >= 0.6 is 0 Å². The van der Waals surface area contributed by atoms with E-state index in [0.717, 1.165) is 4.90 Å². The van der Waals surface area contributed by atoms with Gasteiger partial charge in [0.25, 0.3) is 11.8 Å². The van der Waals surface area contributed by atoms with Crippen molar-refractivity contribution in [1.29, 1.82) is 0 Å². The Morgan fingerprint density at radius 2 is 0.551 bits per heavy atom. The number of nitrogens with one attached hydrogen (secondary N) is 7. The fourth-order valence-corrected chi connectivity index (χ4v) is 8.40. The average molecular weight is 1540 g/mol. The van der Waals surface area contributed by atoms with Crippen molar-refractivity contribution in [2.75, 3.05) is 244 Å². The van der Waals surface area contributed by atoms with Crippen LogP contribution < -0.4 is 37.7 Å². The van der Waals surface area contributed by atoms with Crippen molar-refractivity contribution in [2.24, 2.45) is 0 Å². The summed E-state index contributed by atoms with van der Waals surface area (Å²) in [6.07, 6.45) is -2.46. The molecule has 0 saturated heterocycles. The first-order valence-electron chi connectivity index (χ1n) is 35.8. The molecule has 38 nitrogen and oxygen atoms in total. The molecule has 0 spiro atoms. The van der Waals surface area contributed by atoms with Crippen molar-refractivity contribution in [2.45, 2.75) is 110 Å². The van der Waals surface area contributed by atoms with Crippen LogP contribution in [0.3, 0.4) is 0 Å². The number of ether oxygens (including phenoxy) is 18. The highest BCUT2D eigenvalue weighted by atomic mass is 16.7. The Hall–Kier alpha value is -6.67. The predicted molar refractivity (Wildman–Crippen MR) is 378 cm³/mol. The average Bonchev–Trinajstić information content (AvgIpc) is 1.63. The predicted octanol–water partition coefficient (Wildman–Crippen LogP) is 1.66. The van der Waals surface area contributed by atoms with Crippen molar-refractivity contribution in [3.63, 3.8) is 0 Å². The molecule has 2 rings (SSSR count). The van der Waals surface area contributed by atoms with Crippen LogP contribution in [0, 0.1) is 0 Å². The van der Waals surface area contributed by atoms with Gasteiger partial charge in [-0.25, -0.2) is 14.4 Å². The van der Waals surface area contributed by atoms with Crippen molar-refractivity contribution >= 4 is 53.7 Å². The summed E-state index contributed by atoms with van der Waals surface area (Å²) in [5, 5.41) is 11.3. The Bertz CT molecular complexity index is 2490. The molecule has 9 amide bonds. The molecule has 0 aromatic heterocycles. The van der Waals surface area contributed by atoms with Gasteiger partial charge >= 0.3 is 18.3 Å². The number of hydrogen-bond acceptors (Lipinski definition) is 30. The Kier molecular flexibility index (Phi) is 54.2. The number of imide groups is 1. The molecule has 0 bridgehead atoms. The van der Waals surface area contributed by atoms with E-state index in [9.17, 15) is 43.2 Å². The molecular weight excluding hydrogens is 1420 g/mol. The van der Waals surface area contributed by atoms with E-state index in [-0.39, 0.29) is 286 Å². The summed E-state index contributed by atoms with van der Waals surface area (Å²) in [7, 11) is 0. The van der Waals surface area contributed by atoms with Crippen molar-refractivity contribution in [3.05, 3.63) is 35.4 Å². The van der Waals surface area contributed by atoms with Gasteiger partial charge in [-0.15, -0.1) is 0 Å². The Balaban J connectivity index is 1.92. The molecule has 0 radical (unpaired) electrons. The zero-order valence-corrected chi connectivity index (χ0v) is 64.0. The third-order valence-corrected chi connectivity index (χ3v) is 13.1. The van der Waals surface area contributed by atoms with Gasteiger partial charge in [0.15, 0.2) is 0 Å². The molecule has 38 heteroatoms. The molecule has 0 fully saturated rings. The third kappa shape index (κ3) is 56.3. The quantitative estimate of drug-likeness (QED) is 0.0211. The molecule has 0 aliphatic carbocycles. The minimum absolute atomic E-state index is 0.00803. The first-order valence-corrected chi connectivity index (χ1v) is 35.8. The van der Waals surface area contributed by atoms with E-state index in [1.165, 1.54) is 0 Å². The molecule has 1 aromatic rings. The van der Waals surface area contributed by atoms with Crippen LogP contribution in [0.5, 0.6) is 0 Å². The summed E-state index contributed by atoms with van der Waals surface area (Å²) in [6.45, 7) is 21.0. The standard InChI is InChI=1S/C69H120N8O30/c1-66(2,3)105-63(84)74-102-49-46-96-38-33-90-28-20-72-59(80)16-25-101-54-69(52-99-23-14-57(78)70-18-26-88-31-36-93-42-44-97-47-50-103-75-64(85)106-67(4,5)6,53-100-24-15-58(79)71-19-27-89-32-37-94-43-45-98-48-51-104-76-65(86)107-68(7,8)9)73-60(81)17-22-87-30-35-92-40-41-95-39-34-91-29-21-77-61(82)55-12-10-11-13-56(55)62(77)83/h10-13H,14-54H2,1-9H3,(H,70,78)(H,71,79)(H,72,80)(H,73,81)(H,74,84)(H,75,85)(H,76,86). The lowest BCUT2D eigenvalue weighted by Crippen LogP contribution is -2.59. The van der Waals surface area contributed by atoms with E-state index >= 15 is 0 Å². The van der Waals surface area contributed by atoms with Crippen LogP contribution in [0.1, 0.15) is 109 Å². The highest BCUT2D eigenvalue weighted by Gasteiger charge is 2.36. The first-order chi connectivity index (χ1) is 51.3. The van der Waals surface area contributed by atoms with Crippen molar-refractivity contribution < 1.29 is 143 Å². The maximum absolute atomic E-state index is 13.8. The summed E-state index contributed by atoms with van der Waals surface area (Å²) in [5.74, 6) is -2.20. The highest BCUT2D eigenvalue weighted by molar-refractivity contribution is 6.21. The van der Waals surface area contributed by atoms with E-state index < -0.39 is 46.5 Å². The van der Waals surface area contributed by atoms with E-state index in [2.05, 4.69) is 37.7 Å². The maximum atomic E-state index is 13.8. The minimum atomic E-state index is -1.42. The Morgan fingerprint density at radius 1 is 0.308 bits per heavy atom. The Labute approximate surface area is 627 Å². The summed E-state index contributed by atoms with van der Waals surface area (Å²) >= 11 is 0. The molecule has 0 saturated carbocycles. The van der Waals surface area contributed by atoms with Gasteiger partial charge < -0.3 is 107 Å². The van der Waals surface area contributed by atoms with Crippen LogP contribution in [-0.4, -0.2) is 325 Å². The van der Waals surface area contributed by atoms with E-state index in [4.69, 9.17) is 99.8 Å². The molecule has 107 heavy (non-hydrogen) atoms. The van der Waals surface area contributed by atoms with Crippen LogP contribution in [0.15, 0.2) is 24.3 Å². The topological polar surface area (TPSA) is 435 Å². The van der Waals surface area contributed by atoms with E-state index in [0.29, 0.717) is 24.3 Å². The van der Waals surface area contributed by atoms with Crippen LogP contribution in [-0.2, 0) is 119 Å². The zero-order chi connectivity index (χ0) is 78.5. The number of rotatable bonds is 67. The molecule has 0 atom stereocenters. The maximum Gasteiger partial charge on any atom is 0.431 e. The van der Waals surface area contributed by atoms with Crippen LogP contribution in [0.2, 0.25) is 0 Å². The lowest BCUT2D eigenvalue weighted by molar-refractivity contribution is -0.131. The van der Waals surface area contributed by atoms with Crippen molar-refractivity contribution in [1.82, 2.24) is 42.6 Å². The monoisotopic (exact) mass is 1540 g/mol. The fourth-order valence-electron chi connectivity index (χ4n) is 8.40. The molecule has 7 N–H and O–H groups in total. The molecule has 1 aromatic carbocycles. The highest BCUT2D eigenvalue weighted by Crippen LogP contribution is 2.22. The number of amides is 9. The number of nitrogens with zero attached hydrogens (tertiary/aromatic N) is 1. The van der Waals surface area contributed by atoms with Gasteiger partial charge in [-0.3, -0.25) is 48.2 Å². The van der Waals surface area contributed by atoms with Crippen LogP contribution in [0.25, 0.3) is 0 Å². The van der Waals surface area contributed by atoms with Crippen LogP contribution in [0.4, 0.5) is 14.4 Å². The summed E-state index contributed by atoms with van der Waals surface area (Å²) in [5.41, 5.74) is 3.88. The SMILES string of the molecule is CC(C)(C)OC(=O)NOCCOCCOCCNC(=O)CCOCC(COCCC(=O)NCCOCCOCCOCCONC(=O)OC(C)(C)C)(COCCC(=O)NCCOCCOCCOCCONC(=O)OC(C)(C)C)NC(=O)CCOCCOCCOCCOCCN1C(=O)c2ccccc2C1=O. The fraction of sp³-hybridized carbons (Fsp3) is 0.783.